The van der Waals surface area contributed by atoms with Crippen LogP contribution in [-0.4, -0.2) is 128 Å². The van der Waals surface area contributed by atoms with Gasteiger partial charge < -0.3 is 54.5 Å². The van der Waals surface area contributed by atoms with Gasteiger partial charge in [0.25, 0.3) is 17.2 Å². The third-order valence-corrected chi connectivity index (χ3v) is 17.6. The zero-order valence-electron chi connectivity index (χ0n) is 46.8. The number of aromatic hydroxyl groups is 1. The van der Waals surface area contributed by atoms with Crippen molar-refractivity contribution in [2.24, 2.45) is 35.5 Å². The van der Waals surface area contributed by atoms with E-state index in [1.54, 1.807) is 51.7 Å². The van der Waals surface area contributed by atoms with E-state index in [2.05, 4.69) is 5.32 Å². The predicted octanol–water partition coefficient (Wildman–Crippen LogP) is 6.83. The van der Waals surface area contributed by atoms with Crippen LogP contribution in [0.25, 0.3) is 5.52 Å². The number of ketones is 3. The number of ether oxygens (including phenoxy) is 4. The number of aliphatic hydroxyl groups is 2. The molecule has 2 aromatic heterocycles. The maximum Gasteiger partial charge on any atom is 0.341 e. The lowest BCUT2D eigenvalue weighted by atomic mass is 9.78. The fourth-order valence-electron chi connectivity index (χ4n) is 12.8. The van der Waals surface area contributed by atoms with E-state index < -0.39 is 129 Å². The molecule has 428 valence electrons. The first-order chi connectivity index (χ1) is 37.8. The van der Waals surface area contributed by atoms with Gasteiger partial charge in [0.15, 0.2) is 5.82 Å². The quantitative estimate of drug-likeness (QED) is 0.152. The first-order valence-electron chi connectivity index (χ1n) is 27.5. The number of anilines is 1. The molecule has 0 spiro atoms. The number of phenolic OH excluding ortho intramolecular Hbond substituents is 1. The number of aromatic carboxylic acids is 1. The second kappa shape index (κ2) is 22.1. The molecule has 20 heteroatoms. The van der Waals surface area contributed by atoms with Crippen molar-refractivity contribution in [2.75, 3.05) is 38.2 Å². The van der Waals surface area contributed by atoms with Crippen LogP contribution in [0.3, 0.4) is 0 Å². The Kier molecular flexibility index (Phi) is 15.9. The number of pyridine rings is 2. The Balaban J connectivity index is 1.09. The number of carboxylic acid groups (broad SMARTS) is 1. The first-order valence-corrected chi connectivity index (χ1v) is 27.5. The van der Waals surface area contributed by atoms with E-state index in [-0.39, 0.29) is 59.0 Å². The van der Waals surface area contributed by atoms with Gasteiger partial charge in [-0.05, 0) is 93.9 Å². The molecule has 2 unspecified atom stereocenters. The summed E-state index contributed by atoms with van der Waals surface area (Å²) in [5.41, 5.74) is -1.03. The van der Waals surface area contributed by atoms with Gasteiger partial charge in [-0.2, -0.15) is 0 Å². The summed E-state index contributed by atoms with van der Waals surface area (Å²) >= 11 is 0. The number of aromatic nitrogens is 1. The highest BCUT2D eigenvalue weighted by Crippen LogP contribution is 2.50. The largest absolute Gasteiger partial charge is 0.507 e. The minimum Gasteiger partial charge on any atom is -0.507 e. The molecule has 2 saturated heterocycles. The van der Waals surface area contributed by atoms with Crippen molar-refractivity contribution >= 4 is 46.4 Å². The van der Waals surface area contributed by atoms with Crippen LogP contribution in [0.5, 0.6) is 11.5 Å². The van der Waals surface area contributed by atoms with Crippen LogP contribution in [0.2, 0.25) is 0 Å². The number of amides is 1. The number of carboxylic acids is 1. The van der Waals surface area contributed by atoms with E-state index in [1.807, 2.05) is 4.90 Å². The maximum absolute atomic E-state index is 16.5. The van der Waals surface area contributed by atoms with Gasteiger partial charge in [0.2, 0.25) is 11.6 Å². The number of allylic oxidation sites excluding steroid dienone is 4. The first kappa shape index (κ1) is 57.5. The van der Waals surface area contributed by atoms with Crippen molar-refractivity contribution in [1.29, 1.82) is 0 Å². The summed E-state index contributed by atoms with van der Waals surface area (Å²) < 4.78 is 41.5. The number of nitrogens with zero attached hydrogens (tertiary/aromatic N) is 3. The summed E-state index contributed by atoms with van der Waals surface area (Å²) in [5.74, 6) is -11.9. The number of methoxy groups -OCH3 is 1. The fourth-order valence-corrected chi connectivity index (χ4v) is 12.8. The number of carbonyl (C=O) groups is 6. The highest BCUT2D eigenvalue weighted by atomic mass is 19.1. The Morgan fingerprint density at radius 2 is 1.54 bits per heavy atom. The van der Waals surface area contributed by atoms with Crippen LogP contribution in [0.4, 0.5) is 10.1 Å². The van der Waals surface area contributed by atoms with Crippen LogP contribution in [0.1, 0.15) is 145 Å². The Bertz CT molecular complexity index is 3300. The van der Waals surface area contributed by atoms with Crippen LogP contribution >= 0.6 is 0 Å². The number of aryl methyl sites for hydroxylation is 1. The van der Waals surface area contributed by atoms with E-state index in [1.165, 1.54) is 59.3 Å². The van der Waals surface area contributed by atoms with Crippen molar-refractivity contribution in [3.63, 3.8) is 0 Å². The lowest BCUT2D eigenvalue weighted by Gasteiger charge is -2.38. The molecule has 1 amide bonds. The number of Topliss-reactive ketones (excluding diaryl/α,β-unsaturated/α-hetero) is 3. The van der Waals surface area contributed by atoms with Gasteiger partial charge in [-0.25, -0.2) is 9.18 Å². The molecule has 1 aromatic carbocycles. The third-order valence-electron chi connectivity index (χ3n) is 17.6. The zero-order chi connectivity index (χ0) is 58.1. The number of esters is 1. The molecule has 5 N–H and O–H groups in total. The number of benzene rings is 1. The summed E-state index contributed by atoms with van der Waals surface area (Å²) in [6.07, 6.45) is 7.79. The van der Waals surface area contributed by atoms with Crippen LogP contribution in [0.15, 0.2) is 64.6 Å². The molecule has 3 fully saturated rings. The van der Waals surface area contributed by atoms with E-state index in [4.69, 9.17) is 18.9 Å². The van der Waals surface area contributed by atoms with Crippen molar-refractivity contribution in [1.82, 2.24) is 14.6 Å². The summed E-state index contributed by atoms with van der Waals surface area (Å²) in [4.78, 5) is 101. The molecule has 19 nitrogen and oxygen atoms in total. The van der Waals surface area contributed by atoms with E-state index in [0.717, 1.165) is 29.9 Å². The Labute approximate surface area is 462 Å². The monoisotopic (exact) mass is 1110 g/mol. The van der Waals surface area contributed by atoms with Crippen molar-refractivity contribution in [3.8, 4) is 11.5 Å². The summed E-state index contributed by atoms with van der Waals surface area (Å²) in [6, 6.07) is 1.42. The van der Waals surface area contributed by atoms with Crippen LogP contribution in [0, 0.1) is 55.2 Å². The second-order valence-electron chi connectivity index (χ2n) is 22.9. The van der Waals surface area contributed by atoms with Gasteiger partial charge in [-0.1, -0.05) is 45.9 Å². The van der Waals surface area contributed by atoms with E-state index in [9.17, 15) is 44.4 Å². The number of piperidine rings is 1. The number of aliphatic hydroxyl groups excluding tert-OH is 2. The number of hydrogen-bond donors (Lipinski definition) is 5. The average Bonchev–Trinajstić information content (AvgIpc) is 4.22. The number of fused-ring (bicyclic) bond motifs is 15. The normalized spacial score (nSPS) is 29.7. The molecule has 5 bridgehead atoms. The molecule has 10 rings (SSSR count). The molecule has 7 aliphatic rings. The molecule has 80 heavy (non-hydrogen) atoms. The zero-order valence-corrected chi connectivity index (χ0v) is 46.8. The van der Waals surface area contributed by atoms with Gasteiger partial charge in [0, 0.05) is 81.9 Å². The van der Waals surface area contributed by atoms with Crippen molar-refractivity contribution in [3.05, 3.63) is 115 Å². The van der Waals surface area contributed by atoms with Gasteiger partial charge in [-0.15, -0.1) is 0 Å². The SMILES string of the molecule is CO[C@H]1C=CO[C@@]2(C)Oc3c(C)c(O)c4c(c3C2=O)C(=O)C(N2CCC(C3CCCN(c5c(F)cn6c(=O)c(C(=O)O)cc(C7CC7)c6c5C)C3)C2)=C(NC(=O)C(C)=CC=C[C@H](C)[C@H](O)[C@@H](C)[C@@H](O)[C@@H](C)[C@H](OC(C)=O)[C@@H]1C)C4=O. The lowest BCUT2D eigenvalue weighted by molar-refractivity contribution is -0.160. The molecule has 2 aliphatic carbocycles. The predicted molar refractivity (Wildman–Crippen MR) is 290 cm³/mol. The van der Waals surface area contributed by atoms with E-state index in [0.29, 0.717) is 48.3 Å². The van der Waals surface area contributed by atoms with Crippen molar-refractivity contribution in [2.45, 2.75) is 131 Å². The number of nitrogens with one attached hydrogen (secondary N) is 1. The number of likely N-dealkylation sites (tertiary alicyclic amines) is 1. The second-order valence-corrected chi connectivity index (χ2v) is 22.9. The number of phenols is 1. The maximum atomic E-state index is 16.5. The lowest BCUT2D eigenvalue weighted by Crippen LogP contribution is -2.46. The van der Waals surface area contributed by atoms with Gasteiger partial charge in [0.1, 0.15) is 34.6 Å². The molecule has 7 heterocycles. The number of hydrogen-bond acceptors (Lipinski definition) is 16. The van der Waals surface area contributed by atoms with Gasteiger partial charge >= 0.3 is 17.7 Å². The van der Waals surface area contributed by atoms with Gasteiger partial charge in [0.05, 0.1) is 58.7 Å². The van der Waals surface area contributed by atoms with Crippen LogP contribution in [-0.2, 0) is 23.8 Å². The van der Waals surface area contributed by atoms with E-state index >= 15 is 14.0 Å². The summed E-state index contributed by atoms with van der Waals surface area (Å²) in [6.45, 7) is 15.4. The Morgan fingerprint density at radius 3 is 2.20 bits per heavy atom. The Morgan fingerprint density at radius 1 is 0.850 bits per heavy atom. The average molecular weight is 1110 g/mol. The van der Waals surface area contributed by atoms with Crippen LogP contribution < -0.4 is 20.5 Å². The fraction of sp³-hybridized carbons (Fsp3) is 0.517. The summed E-state index contributed by atoms with van der Waals surface area (Å²) in [7, 11) is 1.41. The molecule has 0 radical (unpaired) electrons. The molecule has 11 atom stereocenters. The number of carbonyl (C=O) groups excluding carboxylic acids is 5. The molecular formula is C60H71FN4O15. The highest BCUT2D eigenvalue weighted by molar-refractivity contribution is 6.32. The molecule has 3 aromatic rings. The minimum absolute atomic E-state index is 0.0382. The molecule has 1 saturated carbocycles. The van der Waals surface area contributed by atoms with Crippen molar-refractivity contribution < 1.29 is 72.5 Å². The highest BCUT2D eigenvalue weighted by Gasteiger charge is 2.54. The Hall–Kier alpha value is -7.16. The number of rotatable bonds is 7. The molecule has 5 aliphatic heterocycles. The third kappa shape index (κ3) is 10.1. The number of halogens is 1. The smallest absolute Gasteiger partial charge is 0.341 e. The topological polar surface area (TPSA) is 260 Å². The standard InChI is InChI=1S/C60H71FN4O15/c1-27-13-11-14-28(2)57(73)62-45-48(64-21-18-37(25-64)36-15-12-20-63(24-36)47-30(4)46-38(35-16-17-35)23-39(59(75)76)58(74)65(46)26-40(47)61)53(71)42-43(52(45)70)51(69)33(7)55-44(42)56(72)60(9,80-55)78-22-19-41(77-10)29(3)54(79-34(8)66)32(6)50(68)31(5)49(27)67/h11,13-14,19,22-23,26-27,29,31-32,35-37,41,49-50,54,67-69H,12,15-18,20-21,24-25H2,1-10H3,(H,62,73)(H,75,76)/t27-,29+,31+,32+,36?,37?,41-,49-,50+,54+,60-/m0/s1. The minimum atomic E-state index is -2.16. The van der Waals surface area contributed by atoms with Gasteiger partial charge in [-0.3, -0.25) is 33.2 Å². The summed E-state index contributed by atoms with van der Waals surface area (Å²) in [5, 5.41) is 47.6. The molecular weight excluding hydrogens is 1040 g/mol.